The van der Waals surface area contributed by atoms with Crippen LogP contribution in [0.5, 0.6) is 0 Å². The number of carbonyl (C=O) groups is 1. The van der Waals surface area contributed by atoms with Gasteiger partial charge in [-0.1, -0.05) is 0 Å². The Balaban J connectivity index is 2.42. The number of hydrogen-bond acceptors (Lipinski definition) is 4. The molecule has 5 nitrogen and oxygen atoms in total. The van der Waals surface area contributed by atoms with Gasteiger partial charge in [0.1, 0.15) is 6.04 Å². The van der Waals surface area contributed by atoms with Crippen LogP contribution in [0.3, 0.4) is 0 Å². The lowest BCUT2D eigenvalue weighted by Crippen LogP contribution is -2.57. The molecule has 0 bridgehead atoms. The van der Waals surface area contributed by atoms with Crippen LogP contribution in [0.4, 0.5) is 0 Å². The summed E-state index contributed by atoms with van der Waals surface area (Å²) in [4.78, 5) is 11.7. The summed E-state index contributed by atoms with van der Waals surface area (Å²) in [5.41, 5.74) is 5.42. The lowest BCUT2D eigenvalue weighted by atomic mass is 10.1. The van der Waals surface area contributed by atoms with Crippen molar-refractivity contribution in [3.63, 3.8) is 0 Å². The van der Waals surface area contributed by atoms with Crippen LogP contribution in [-0.4, -0.2) is 43.8 Å². The molecule has 1 fully saturated rings. The van der Waals surface area contributed by atoms with Crippen molar-refractivity contribution >= 4 is 5.91 Å². The second kappa shape index (κ2) is 5.29. The first kappa shape index (κ1) is 11.4. The number of nitrogens with two attached hydrogens (primary N) is 1. The molecule has 0 aromatic rings. The maximum atomic E-state index is 11.7. The summed E-state index contributed by atoms with van der Waals surface area (Å²) in [6.45, 7) is 5.61. The summed E-state index contributed by atoms with van der Waals surface area (Å²) in [6.07, 6.45) is -0.0753. The molecule has 0 spiro atoms. The Morgan fingerprint density at radius 3 is 3.07 bits per heavy atom. The normalized spacial score (nSPS) is 29.6. The van der Waals surface area contributed by atoms with E-state index >= 15 is 0 Å². The Kier molecular flexibility index (Phi) is 4.31. The molecule has 0 saturated carbocycles. The quantitative estimate of drug-likeness (QED) is 0.537. The smallest absolute Gasteiger partial charge is 0.240 e. The molecule has 14 heavy (non-hydrogen) atoms. The Hall–Kier alpha value is -0.650. The van der Waals surface area contributed by atoms with E-state index in [1.54, 1.807) is 0 Å². The molecule has 3 atom stereocenters. The van der Waals surface area contributed by atoms with Crippen LogP contribution in [0.25, 0.3) is 0 Å². The standard InChI is InChI=1S/C9H19N3O2/c1-6(5-10)12-9(13)8-7(2)14-4-3-11-8/h6-8,11H,3-5,10H2,1-2H3,(H,12,13)/t6-,7+,8-/m0/s1. The average molecular weight is 201 g/mol. The number of hydrogen-bond donors (Lipinski definition) is 3. The zero-order chi connectivity index (χ0) is 10.6. The fourth-order valence-corrected chi connectivity index (χ4v) is 1.42. The zero-order valence-corrected chi connectivity index (χ0v) is 8.75. The van der Waals surface area contributed by atoms with Gasteiger partial charge >= 0.3 is 0 Å². The van der Waals surface area contributed by atoms with Gasteiger partial charge in [0.2, 0.25) is 5.91 Å². The van der Waals surface area contributed by atoms with Crippen molar-refractivity contribution in [3.05, 3.63) is 0 Å². The number of amides is 1. The zero-order valence-electron chi connectivity index (χ0n) is 8.75. The van der Waals surface area contributed by atoms with Crippen LogP contribution in [-0.2, 0) is 9.53 Å². The third-order valence-corrected chi connectivity index (χ3v) is 2.34. The van der Waals surface area contributed by atoms with Crippen molar-refractivity contribution in [3.8, 4) is 0 Å². The van der Waals surface area contributed by atoms with Crippen LogP contribution in [0.1, 0.15) is 13.8 Å². The number of ether oxygens (including phenoxy) is 1. The molecular weight excluding hydrogens is 182 g/mol. The van der Waals surface area contributed by atoms with Gasteiger partial charge in [-0.15, -0.1) is 0 Å². The van der Waals surface area contributed by atoms with E-state index in [1.165, 1.54) is 0 Å². The van der Waals surface area contributed by atoms with Crippen molar-refractivity contribution in [1.29, 1.82) is 0 Å². The molecule has 0 aromatic carbocycles. The molecule has 1 heterocycles. The van der Waals surface area contributed by atoms with Crippen molar-refractivity contribution in [2.45, 2.75) is 32.0 Å². The number of nitrogens with one attached hydrogen (secondary N) is 2. The minimum atomic E-state index is -0.252. The molecule has 1 saturated heterocycles. The minimum Gasteiger partial charge on any atom is -0.375 e. The van der Waals surface area contributed by atoms with Gasteiger partial charge in [-0.25, -0.2) is 0 Å². The topological polar surface area (TPSA) is 76.4 Å². The highest BCUT2D eigenvalue weighted by Crippen LogP contribution is 2.03. The summed E-state index contributed by atoms with van der Waals surface area (Å²) in [5.74, 6) is -0.0323. The summed E-state index contributed by atoms with van der Waals surface area (Å²) in [6, 6.07) is -0.240. The molecule has 1 rings (SSSR count). The third-order valence-electron chi connectivity index (χ3n) is 2.34. The van der Waals surface area contributed by atoms with Gasteiger partial charge in [-0.2, -0.15) is 0 Å². The van der Waals surface area contributed by atoms with Gasteiger partial charge in [-0.05, 0) is 13.8 Å². The predicted molar refractivity (Wildman–Crippen MR) is 53.9 cm³/mol. The van der Waals surface area contributed by atoms with Crippen molar-refractivity contribution < 1.29 is 9.53 Å². The van der Waals surface area contributed by atoms with Crippen LogP contribution >= 0.6 is 0 Å². The van der Waals surface area contributed by atoms with E-state index in [9.17, 15) is 4.79 Å². The molecular formula is C9H19N3O2. The largest absolute Gasteiger partial charge is 0.375 e. The lowest BCUT2D eigenvalue weighted by Gasteiger charge is -2.30. The Bertz CT molecular complexity index is 198. The molecule has 82 valence electrons. The Morgan fingerprint density at radius 2 is 2.50 bits per heavy atom. The number of rotatable bonds is 3. The molecule has 1 aliphatic rings. The van der Waals surface area contributed by atoms with Crippen LogP contribution in [0.2, 0.25) is 0 Å². The highest BCUT2D eigenvalue weighted by atomic mass is 16.5. The summed E-state index contributed by atoms with van der Waals surface area (Å²) < 4.78 is 5.37. The van der Waals surface area contributed by atoms with Gasteiger partial charge in [0, 0.05) is 19.1 Å². The Morgan fingerprint density at radius 1 is 1.79 bits per heavy atom. The van der Waals surface area contributed by atoms with Crippen molar-refractivity contribution in [2.75, 3.05) is 19.7 Å². The first-order valence-electron chi connectivity index (χ1n) is 5.00. The van der Waals surface area contributed by atoms with Crippen LogP contribution < -0.4 is 16.4 Å². The summed E-state index contributed by atoms with van der Waals surface area (Å²) >= 11 is 0. The summed E-state index contributed by atoms with van der Waals surface area (Å²) in [5, 5.41) is 5.94. The molecule has 0 aromatic heterocycles. The van der Waals surface area contributed by atoms with Gasteiger partial charge < -0.3 is 21.1 Å². The SMILES string of the molecule is C[C@@H](CN)NC(=O)[C@H]1NCCO[C@@H]1C. The number of morpholine rings is 1. The van der Waals surface area contributed by atoms with Crippen molar-refractivity contribution in [2.24, 2.45) is 5.73 Å². The molecule has 4 N–H and O–H groups in total. The highest BCUT2D eigenvalue weighted by molar-refractivity contribution is 5.82. The van der Waals surface area contributed by atoms with Crippen molar-refractivity contribution in [1.82, 2.24) is 10.6 Å². The average Bonchev–Trinajstić information content (AvgIpc) is 2.18. The van der Waals surface area contributed by atoms with Crippen LogP contribution in [0, 0.1) is 0 Å². The molecule has 1 amide bonds. The van der Waals surface area contributed by atoms with Gasteiger partial charge in [0.25, 0.3) is 0 Å². The van der Waals surface area contributed by atoms with E-state index in [0.717, 1.165) is 6.54 Å². The minimum absolute atomic E-state index is 0.0124. The van der Waals surface area contributed by atoms with E-state index in [0.29, 0.717) is 13.2 Å². The highest BCUT2D eigenvalue weighted by Gasteiger charge is 2.28. The fraction of sp³-hybridized carbons (Fsp3) is 0.889. The van der Waals surface area contributed by atoms with E-state index in [1.807, 2.05) is 13.8 Å². The maximum Gasteiger partial charge on any atom is 0.240 e. The lowest BCUT2D eigenvalue weighted by molar-refractivity contribution is -0.129. The molecule has 0 unspecified atom stereocenters. The van der Waals surface area contributed by atoms with Gasteiger partial charge in [-0.3, -0.25) is 4.79 Å². The maximum absolute atomic E-state index is 11.7. The molecule has 0 radical (unpaired) electrons. The first-order chi connectivity index (χ1) is 6.65. The van der Waals surface area contributed by atoms with Gasteiger partial charge in [0.05, 0.1) is 12.7 Å². The van der Waals surface area contributed by atoms with E-state index in [2.05, 4.69) is 10.6 Å². The van der Waals surface area contributed by atoms with Crippen LogP contribution in [0.15, 0.2) is 0 Å². The summed E-state index contributed by atoms with van der Waals surface area (Å²) in [7, 11) is 0. The monoisotopic (exact) mass is 201 g/mol. The molecule has 1 aliphatic heterocycles. The molecule has 0 aliphatic carbocycles. The Labute approximate surface area is 84.4 Å². The van der Waals surface area contributed by atoms with Gasteiger partial charge in [0.15, 0.2) is 0 Å². The number of carbonyl (C=O) groups excluding carboxylic acids is 1. The fourth-order valence-electron chi connectivity index (χ4n) is 1.42. The molecule has 5 heteroatoms. The van der Waals surface area contributed by atoms with E-state index in [-0.39, 0.29) is 24.1 Å². The van der Waals surface area contributed by atoms with E-state index in [4.69, 9.17) is 10.5 Å². The second-order valence-electron chi connectivity index (χ2n) is 3.65. The predicted octanol–water partition coefficient (Wildman–Crippen LogP) is -1.17. The third kappa shape index (κ3) is 2.94. The first-order valence-corrected chi connectivity index (χ1v) is 5.00. The second-order valence-corrected chi connectivity index (χ2v) is 3.65. The van der Waals surface area contributed by atoms with E-state index < -0.39 is 0 Å².